The summed E-state index contributed by atoms with van der Waals surface area (Å²) in [4.78, 5) is 0. The van der Waals surface area contributed by atoms with Gasteiger partial charge in [-0.2, -0.15) is 0 Å². The van der Waals surface area contributed by atoms with Gasteiger partial charge < -0.3 is 14.8 Å². The Hall–Kier alpha value is -0.120. The zero-order valence-corrected chi connectivity index (χ0v) is 11.1. The van der Waals surface area contributed by atoms with Gasteiger partial charge in [0.25, 0.3) is 0 Å². The summed E-state index contributed by atoms with van der Waals surface area (Å²) in [6, 6.07) is 0.664. The molecule has 0 aromatic rings. The lowest BCUT2D eigenvalue weighted by Gasteiger charge is -2.55. The predicted molar refractivity (Wildman–Crippen MR) is 67.0 cm³/mol. The van der Waals surface area contributed by atoms with E-state index in [1.54, 1.807) is 0 Å². The molecule has 1 N–H and O–H groups in total. The number of hydrogen-bond donors (Lipinski definition) is 1. The number of hydrogen-bond acceptors (Lipinski definition) is 3. The van der Waals surface area contributed by atoms with Gasteiger partial charge in [0.1, 0.15) is 0 Å². The SMILES string of the molecule is CC1(C)C(NCCC2CCOC2)C2CCOC21. The monoisotopic (exact) mass is 239 g/mol. The molecule has 3 rings (SSSR count). The fourth-order valence-electron chi connectivity index (χ4n) is 3.99. The van der Waals surface area contributed by atoms with Crippen LogP contribution >= 0.6 is 0 Å². The van der Waals surface area contributed by atoms with Crippen LogP contribution in [-0.4, -0.2) is 38.5 Å². The van der Waals surface area contributed by atoms with Gasteiger partial charge in [0.2, 0.25) is 0 Å². The fourth-order valence-corrected chi connectivity index (χ4v) is 3.99. The van der Waals surface area contributed by atoms with Crippen LogP contribution in [0.2, 0.25) is 0 Å². The predicted octanol–water partition coefficient (Wildman–Crippen LogP) is 1.82. The second-order valence-corrected chi connectivity index (χ2v) is 6.52. The summed E-state index contributed by atoms with van der Waals surface area (Å²) < 4.78 is 11.2. The molecule has 0 aromatic heterocycles. The summed E-state index contributed by atoms with van der Waals surface area (Å²) in [6.45, 7) is 8.74. The molecule has 0 amide bonds. The van der Waals surface area contributed by atoms with Crippen LogP contribution in [0.1, 0.15) is 33.1 Å². The second-order valence-electron chi connectivity index (χ2n) is 6.52. The Morgan fingerprint density at radius 1 is 1.24 bits per heavy atom. The van der Waals surface area contributed by atoms with E-state index < -0.39 is 0 Å². The average molecular weight is 239 g/mol. The van der Waals surface area contributed by atoms with Gasteiger partial charge in [0.15, 0.2) is 0 Å². The van der Waals surface area contributed by atoms with E-state index >= 15 is 0 Å². The minimum absolute atomic E-state index is 0.327. The number of fused-ring (bicyclic) bond motifs is 1. The normalized spacial score (nSPS) is 43.4. The molecule has 98 valence electrons. The van der Waals surface area contributed by atoms with E-state index in [-0.39, 0.29) is 0 Å². The second kappa shape index (κ2) is 4.52. The van der Waals surface area contributed by atoms with Crippen LogP contribution in [0.25, 0.3) is 0 Å². The molecular weight excluding hydrogens is 214 g/mol. The molecule has 2 saturated heterocycles. The Morgan fingerprint density at radius 2 is 2.12 bits per heavy atom. The van der Waals surface area contributed by atoms with Crippen molar-refractivity contribution in [3.05, 3.63) is 0 Å². The molecule has 3 fully saturated rings. The van der Waals surface area contributed by atoms with Crippen molar-refractivity contribution in [1.29, 1.82) is 0 Å². The Kier molecular flexibility index (Phi) is 3.18. The van der Waals surface area contributed by atoms with Crippen molar-refractivity contribution in [2.45, 2.75) is 45.3 Å². The lowest BCUT2D eigenvalue weighted by atomic mass is 9.57. The molecule has 4 unspecified atom stereocenters. The van der Waals surface area contributed by atoms with Crippen molar-refractivity contribution in [3.63, 3.8) is 0 Å². The van der Waals surface area contributed by atoms with Crippen LogP contribution in [0.3, 0.4) is 0 Å². The van der Waals surface area contributed by atoms with Crippen LogP contribution in [0.4, 0.5) is 0 Å². The van der Waals surface area contributed by atoms with Crippen LogP contribution in [0.15, 0.2) is 0 Å². The van der Waals surface area contributed by atoms with Crippen LogP contribution in [-0.2, 0) is 9.47 Å². The third kappa shape index (κ3) is 2.02. The highest BCUT2D eigenvalue weighted by Crippen LogP contribution is 2.52. The molecule has 3 nitrogen and oxygen atoms in total. The van der Waals surface area contributed by atoms with Crippen molar-refractivity contribution < 1.29 is 9.47 Å². The molecular formula is C14H25NO2. The summed E-state index contributed by atoms with van der Waals surface area (Å²) in [6.07, 6.45) is 4.28. The summed E-state index contributed by atoms with van der Waals surface area (Å²) >= 11 is 0. The summed E-state index contributed by atoms with van der Waals surface area (Å²) in [7, 11) is 0. The largest absolute Gasteiger partial charge is 0.381 e. The molecule has 17 heavy (non-hydrogen) atoms. The first-order chi connectivity index (χ1) is 8.19. The molecule has 0 spiro atoms. The lowest BCUT2D eigenvalue weighted by molar-refractivity contribution is -0.112. The first kappa shape index (κ1) is 11.9. The quantitative estimate of drug-likeness (QED) is 0.811. The Labute approximate surface area is 104 Å². The maximum absolute atomic E-state index is 5.82. The van der Waals surface area contributed by atoms with Gasteiger partial charge in [-0.3, -0.25) is 0 Å². The molecule has 2 aliphatic heterocycles. The van der Waals surface area contributed by atoms with Gasteiger partial charge in [-0.15, -0.1) is 0 Å². The highest BCUT2D eigenvalue weighted by atomic mass is 16.5. The Balaban J connectivity index is 1.45. The van der Waals surface area contributed by atoms with Crippen molar-refractivity contribution >= 4 is 0 Å². The van der Waals surface area contributed by atoms with Crippen LogP contribution < -0.4 is 5.32 Å². The summed E-state index contributed by atoms with van der Waals surface area (Å²) in [5.41, 5.74) is 0.327. The molecule has 1 aliphatic carbocycles. The lowest BCUT2D eigenvalue weighted by Crippen LogP contribution is -2.65. The fraction of sp³-hybridized carbons (Fsp3) is 1.00. The van der Waals surface area contributed by atoms with Crippen LogP contribution in [0.5, 0.6) is 0 Å². The van der Waals surface area contributed by atoms with E-state index in [2.05, 4.69) is 19.2 Å². The molecule has 2 heterocycles. The van der Waals surface area contributed by atoms with Gasteiger partial charge >= 0.3 is 0 Å². The molecule has 0 aromatic carbocycles. The third-order valence-corrected chi connectivity index (χ3v) is 5.04. The van der Waals surface area contributed by atoms with E-state index in [1.165, 1.54) is 19.3 Å². The maximum atomic E-state index is 5.82. The van der Waals surface area contributed by atoms with Gasteiger partial charge in [0, 0.05) is 37.2 Å². The van der Waals surface area contributed by atoms with E-state index in [0.29, 0.717) is 17.6 Å². The van der Waals surface area contributed by atoms with E-state index in [9.17, 15) is 0 Å². The van der Waals surface area contributed by atoms with Gasteiger partial charge in [-0.05, 0) is 31.7 Å². The number of ether oxygens (including phenoxy) is 2. The minimum atomic E-state index is 0.327. The molecule has 3 heteroatoms. The first-order valence-electron chi connectivity index (χ1n) is 7.12. The topological polar surface area (TPSA) is 30.5 Å². The molecule has 3 aliphatic rings. The highest BCUT2D eigenvalue weighted by Gasteiger charge is 2.58. The number of nitrogens with one attached hydrogen (secondary N) is 1. The Morgan fingerprint density at radius 3 is 2.88 bits per heavy atom. The zero-order chi connectivity index (χ0) is 11.9. The summed E-state index contributed by atoms with van der Waals surface area (Å²) in [5, 5.41) is 3.77. The first-order valence-corrected chi connectivity index (χ1v) is 7.12. The minimum Gasteiger partial charge on any atom is -0.381 e. The third-order valence-electron chi connectivity index (χ3n) is 5.04. The smallest absolute Gasteiger partial charge is 0.0685 e. The highest BCUT2D eigenvalue weighted by molar-refractivity contribution is 5.11. The van der Waals surface area contributed by atoms with Gasteiger partial charge in [-0.25, -0.2) is 0 Å². The van der Waals surface area contributed by atoms with E-state index in [4.69, 9.17) is 9.47 Å². The van der Waals surface area contributed by atoms with Crippen LogP contribution in [0, 0.1) is 17.3 Å². The van der Waals surface area contributed by atoms with Gasteiger partial charge in [0.05, 0.1) is 6.10 Å². The van der Waals surface area contributed by atoms with Crippen molar-refractivity contribution in [1.82, 2.24) is 5.32 Å². The summed E-state index contributed by atoms with van der Waals surface area (Å²) in [5.74, 6) is 1.56. The Bertz CT molecular complexity index is 273. The van der Waals surface area contributed by atoms with E-state index in [0.717, 1.165) is 38.2 Å². The van der Waals surface area contributed by atoms with Crippen molar-refractivity contribution in [2.24, 2.45) is 17.3 Å². The number of rotatable bonds is 4. The molecule has 0 radical (unpaired) electrons. The maximum Gasteiger partial charge on any atom is 0.0685 e. The van der Waals surface area contributed by atoms with E-state index in [1.807, 2.05) is 0 Å². The zero-order valence-electron chi connectivity index (χ0n) is 11.1. The molecule has 1 saturated carbocycles. The molecule has 0 bridgehead atoms. The molecule has 4 atom stereocenters. The van der Waals surface area contributed by atoms with Gasteiger partial charge in [-0.1, -0.05) is 13.8 Å². The average Bonchev–Trinajstić information content (AvgIpc) is 2.94. The standard InChI is InChI=1S/C14H25NO2/c1-14(2)12(11-5-8-17-13(11)14)15-6-3-10-4-7-16-9-10/h10-13,15H,3-9H2,1-2H3. The van der Waals surface area contributed by atoms with Crippen molar-refractivity contribution in [3.8, 4) is 0 Å². The van der Waals surface area contributed by atoms with Crippen molar-refractivity contribution in [2.75, 3.05) is 26.4 Å².